The molecular weight excluding hydrogens is 320 g/mol. The van der Waals surface area contributed by atoms with Crippen LogP contribution in [0.5, 0.6) is 5.88 Å². The van der Waals surface area contributed by atoms with Gasteiger partial charge in [-0.25, -0.2) is 14.8 Å². The quantitative estimate of drug-likeness (QED) is 0.861. The Morgan fingerprint density at radius 3 is 2.92 bits per heavy atom. The highest BCUT2D eigenvalue weighted by molar-refractivity contribution is 5.78. The van der Waals surface area contributed by atoms with Crippen LogP contribution in [0.25, 0.3) is 11.0 Å². The zero-order valence-corrected chi connectivity index (χ0v) is 14.9. The van der Waals surface area contributed by atoms with Crippen LogP contribution in [0.2, 0.25) is 0 Å². The summed E-state index contributed by atoms with van der Waals surface area (Å²) in [5, 5.41) is 0. The van der Waals surface area contributed by atoms with Gasteiger partial charge >= 0.3 is 6.09 Å². The first-order chi connectivity index (χ1) is 11.8. The lowest BCUT2D eigenvalue weighted by Crippen LogP contribution is -2.42. The van der Waals surface area contributed by atoms with Crippen molar-refractivity contribution in [3.8, 4) is 5.88 Å². The van der Waals surface area contributed by atoms with E-state index in [-0.39, 0.29) is 12.1 Å². The second kappa shape index (κ2) is 6.74. The highest BCUT2D eigenvalue weighted by Gasteiger charge is 2.32. The molecule has 25 heavy (non-hydrogen) atoms. The number of hydrogen-bond acceptors (Lipinski definition) is 6. The number of aromatic nitrogens is 2. The summed E-state index contributed by atoms with van der Waals surface area (Å²) < 4.78 is 11.2. The number of nitrogen functional groups attached to an aromatic ring is 1. The van der Waals surface area contributed by atoms with Crippen LogP contribution in [0.3, 0.4) is 0 Å². The van der Waals surface area contributed by atoms with E-state index in [0.717, 1.165) is 23.9 Å². The van der Waals surface area contributed by atoms with E-state index in [1.54, 1.807) is 23.2 Å². The molecule has 2 aromatic rings. The van der Waals surface area contributed by atoms with E-state index in [9.17, 15) is 4.79 Å². The molecule has 7 heteroatoms. The van der Waals surface area contributed by atoms with E-state index in [2.05, 4.69) is 9.97 Å². The van der Waals surface area contributed by atoms with Gasteiger partial charge in [-0.15, -0.1) is 0 Å². The first-order valence-corrected chi connectivity index (χ1v) is 8.46. The van der Waals surface area contributed by atoms with Gasteiger partial charge in [-0.2, -0.15) is 0 Å². The van der Waals surface area contributed by atoms with E-state index < -0.39 is 5.60 Å². The Balaban J connectivity index is 1.64. The molecule has 2 N–H and O–H groups in total. The van der Waals surface area contributed by atoms with Gasteiger partial charge in [0.25, 0.3) is 0 Å². The minimum atomic E-state index is -0.503. The van der Waals surface area contributed by atoms with Gasteiger partial charge in [-0.1, -0.05) is 0 Å². The van der Waals surface area contributed by atoms with Crippen molar-refractivity contribution in [2.45, 2.75) is 45.3 Å². The molecule has 1 amide bonds. The van der Waals surface area contributed by atoms with Crippen molar-refractivity contribution in [3.63, 3.8) is 0 Å². The molecule has 134 valence electrons. The minimum Gasteiger partial charge on any atom is -0.474 e. The van der Waals surface area contributed by atoms with Crippen molar-refractivity contribution in [2.24, 2.45) is 0 Å². The molecule has 1 aliphatic rings. The molecule has 0 unspecified atom stereocenters. The van der Waals surface area contributed by atoms with Crippen LogP contribution in [0.4, 0.5) is 10.5 Å². The van der Waals surface area contributed by atoms with Crippen molar-refractivity contribution in [1.29, 1.82) is 0 Å². The predicted molar refractivity (Wildman–Crippen MR) is 95.4 cm³/mol. The van der Waals surface area contributed by atoms with Crippen LogP contribution in [0, 0.1) is 0 Å². The molecule has 1 fully saturated rings. The second-order valence-electron chi connectivity index (χ2n) is 7.24. The summed E-state index contributed by atoms with van der Waals surface area (Å²) in [5.74, 6) is 0.438. The Bertz CT molecular complexity index is 772. The molecule has 7 nitrogen and oxygen atoms in total. The first-order valence-electron chi connectivity index (χ1n) is 8.46. The number of amides is 1. The summed E-state index contributed by atoms with van der Waals surface area (Å²) >= 11 is 0. The number of benzene rings is 1. The molecule has 1 atom stereocenters. The van der Waals surface area contributed by atoms with Gasteiger partial charge in [0.15, 0.2) is 0 Å². The Morgan fingerprint density at radius 1 is 1.36 bits per heavy atom. The van der Waals surface area contributed by atoms with Crippen molar-refractivity contribution in [3.05, 3.63) is 24.4 Å². The van der Waals surface area contributed by atoms with Gasteiger partial charge in [0.2, 0.25) is 5.88 Å². The Hall–Kier alpha value is -2.57. The Kier molecular flexibility index (Phi) is 4.65. The Labute approximate surface area is 147 Å². The smallest absolute Gasteiger partial charge is 0.410 e. The van der Waals surface area contributed by atoms with Crippen molar-refractivity contribution in [1.82, 2.24) is 14.9 Å². The number of ether oxygens (including phenoxy) is 2. The van der Waals surface area contributed by atoms with Crippen LogP contribution in [0.15, 0.2) is 24.4 Å². The van der Waals surface area contributed by atoms with E-state index in [4.69, 9.17) is 15.2 Å². The fourth-order valence-electron chi connectivity index (χ4n) is 2.83. The van der Waals surface area contributed by atoms with Crippen LogP contribution in [0.1, 0.15) is 33.6 Å². The monoisotopic (exact) mass is 344 g/mol. The summed E-state index contributed by atoms with van der Waals surface area (Å²) in [7, 11) is 0. The van der Waals surface area contributed by atoms with Crippen LogP contribution in [-0.2, 0) is 4.74 Å². The van der Waals surface area contributed by atoms with Crippen molar-refractivity contribution >= 4 is 22.8 Å². The average Bonchev–Trinajstić information content (AvgIpc) is 3.00. The number of carbonyl (C=O) groups is 1. The molecule has 1 aromatic heterocycles. The summed E-state index contributed by atoms with van der Waals surface area (Å²) in [5.41, 5.74) is 7.34. The molecule has 3 rings (SSSR count). The lowest BCUT2D eigenvalue weighted by atomic mass is 10.2. The second-order valence-corrected chi connectivity index (χ2v) is 7.24. The van der Waals surface area contributed by atoms with Crippen molar-refractivity contribution < 1.29 is 14.3 Å². The van der Waals surface area contributed by atoms with Gasteiger partial charge in [-0.05, 0) is 51.8 Å². The van der Waals surface area contributed by atoms with Gasteiger partial charge in [0.05, 0.1) is 23.3 Å². The third kappa shape index (κ3) is 4.29. The maximum Gasteiger partial charge on any atom is 0.410 e. The molecule has 0 saturated carbocycles. The molecule has 0 aliphatic carbocycles. The topological polar surface area (TPSA) is 90.6 Å². The van der Waals surface area contributed by atoms with Gasteiger partial charge in [0.1, 0.15) is 12.2 Å². The van der Waals surface area contributed by atoms with Crippen LogP contribution >= 0.6 is 0 Å². The van der Waals surface area contributed by atoms with Crippen LogP contribution < -0.4 is 10.5 Å². The SMILES string of the molecule is CC(C)(C)OC(=O)N1CCC[C@H]1COc1cnc2cc(N)ccc2n1. The average molecular weight is 344 g/mol. The third-order valence-electron chi connectivity index (χ3n) is 3.97. The normalized spacial score (nSPS) is 17.7. The number of anilines is 1. The number of nitrogens with two attached hydrogens (primary N) is 1. The number of likely N-dealkylation sites (tertiary alicyclic amines) is 1. The summed E-state index contributed by atoms with van der Waals surface area (Å²) in [6.07, 6.45) is 3.11. The minimum absolute atomic E-state index is 0.0150. The number of rotatable bonds is 3. The molecule has 0 radical (unpaired) electrons. The molecule has 0 spiro atoms. The number of hydrogen-bond donors (Lipinski definition) is 1. The maximum absolute atomic E-state index is 12.3. The van der Waals surface area contributed by atoms with E-state index in [1.807, 2.05) is 26.8 Å². The lowest BCUT2D eigenvalue weighted by molar-refractivity contribution is 0.0186. The summed E-state index contributed by atoms with van der Waals surface area (Å²) in [6.45, 7) is 6.65. The first kappa shape index (κ1) is 17.3. The van der Waals surface area contributed by atoms with Crippen molar-refractivity contribution in [2.75, 3.05) is 18.9 Å². The van der Waals surface area contributed by atoms with Gasteiger partial charge in [-0.3, -0.25) is 0 Å². The zero-order valence-electron chi connectivity index (χ0n) is 14.9. The Morgan fingerprint density at radius 2 is 2.16 bits per heavy atom. The molecular formula is C18H24N4O3. The molecule has 1 aromatic carbocycles. The fourth-order valence-corrected chi connectivity index (χ4v) is 2.83. The summed E-state index contributed by atoms with van der Waals surface area (Å²) in [6, 6.07) is 5.35. The van der Waals surface area contributed by atoms with E-state index >= 15 is 0 Å². The number of carbonyl (C=O) groups excluding carboxylic acids is 1. The van der Waals surface area contributed by atoms with Crippen LogP contribution in [-0.4, -0.2) is 45.8 Å². The number of nitrogens with zero attached hydrogens (tertiary/aromatic N) is 3. The maximum atomic E-state index is 12.3. The molecule has 0 bridgehead atoms. The lowest BCUT2D eigenvalue weighted by Gasteiger charge is -2.28. The standard InChI is InChI=1S/C18H24N4O3/c1-18(2,3)25-17(23)22-8-4-5-13(22)11-24-16-10-20-15-9-12(19)6-7-14(15)21-16/h6-7,9-10,13H,4-5,8,11,19H2,1-3H3/t13-/m0/s1. The molecule has 1 saturated heterocycles. The number of fused-ring (bicyclic) bond motifs is 1. The molecule has 2 heterocycles. The third-order valence-corrected chi connectivity index (χ3v) is 3.97. The zero-order chi connectivity index (χ0) is 18.0. The highest BCUT2D eigenvalue weighted by Crippen LogP contribution is 2.22. The predicted octanol–water partition coefficient (Wildman–Crippen LogP) is 2.99. The summed E-state index contributed by atoms with van der Waals surface area (Å²) in [4.78, 5) is 22.8. The largest absolute Gasteiger partial charge is 0.474 e. The van der Waals surface area contributed by atoms with E-state index in [0.29, 0.717) is 24.7 Å². The fraction of sp³-hybridized carbons (Fsp3) is 0.500. The highest BCUT2D eigenvalue weighted by atomic mass is 16.6. The molecule has 1 aliphatic heterocycles. The van der Waals surface area contributed by atoms with E-state index in [1.165, 1.54) is 0 Å². The van der Waals surface area contributed by atoms with Gasteiger partial charge in [0, 0.05) is 12.2 Å². The van der Waals surface area contributed by atoms with Gasteiger partial charge < -0.3 is 20.1 Å².